The largest absolute Gasteiger partial charge is 0.309 e. The first kappa shape index (κ1) is 62.4. The van der Waals surface area contributed by atoms with Crippen LogP contribution in [0.5, 0.6) is 0 Å². The smallest absolute Gasteiger partial charge is 0.164 e. The molecule has 0 aliphatic carbocycles. The summed E-state index contributed by atoms with van der Waals surface area (Å²) in [6, 6.07) is 104. The Bertz CT molecular complexity index is 6520. The number of rotatable bonds is 12. The monoisotopic (exact) mass is 1330 g/mol. The number of hydrogen-bond donors (Lipinski definition) is 1. The van der Waals surface area contributed by atoms with Gasteiger partial charge in [-0.15, -0.1) is 0 Å². The highest BCUT2D eigenvalue weighted by atomic mass is 15.1. The van der Waals surface area contributed by atoms with Crippen LogP contribution in [0.3, 0.4) is 0 Å². The van der Waals surface area contributed by atoms with Crippen LogP contribution in [-0.4, -0.2) is 30.6 Å². The summed E-state index contributed by atoms with van der Waals surface area (Å²) in [5.41, 5.74) is 22.5. The second-order valence-corrected chi connectivity index (χ2v) is 26.0. The van der Waals surface area contributed by atoms with E-state index in [0.29, 0.717) is 62.0 Å². The highest BCUT2D eigenvalue weighted by Gasteiger charge is 2.26. The number of nitrogens with zero attached hydrogens (tertiary/aromatic N) is 12. The van der Waals surface area contributed by atoms with E-state index in [9.17, 15) is 36.8 Å². The van der Waals surface area contributed by atoms with Gasteiger partial charge in [0.25, 0.3) is 0 Å². The van der Waals surface area contributed by atoms with Crippen molar-refractivity contribution >= 4 is 43.6 Å². The molecule has 1 aliphatic heterocycles. The molecule has 0 spiro atoms. The van der Waals surface area contributed by atoms with Crippen LogP contribution < -0.4 is 5.32 Å². The van der Waals surface area contributed by atoms with Gasteiger partial charge in [0.05, 0.1) is 115 Å². The van der Waals surface area contributed by atoms with E-state index in [0.717, 1.165) is 151 Å². The van der Waals surface area contributed by atoms with E-state index in [1.807, 2.05) is 128 Å². The lowest BCUT2D eigenvalue weighted by Gasteiger charge is -2.19. The van der Waals surface area contributed by atoms with Gasteiger partial charge in [-0.1, -0.05) is 109 Å². The molecule has 0 amide bonds. The van der Waals surface area contributed by atoms with Gasteiger partial charge in [0.2, 0.25) is 0 Å². The lowest BCUT2D eigenvalue weighted by Crippen LogP contribution is -2.02. The van der Waals surface area contributed by atoms with E-state index in [4.69, 9.17) is 15.0 Å². The first-order chi connectivity index (χ1) is 51.0. The lowest BCUT2D eigenvalue weighted by molar-refractivity contribution is 1.07. The molecular weight excluding hydrogens is 1280 g/mol. The Hall–Kier alpha value is -15.1. The normalized spacial score (nSPS) is 12.2. The Morgan fingerprint density at radius 1 is 0.288 bits per heavy atom. The molecule has 1 N–H and O–H groups in total. The van der Waals surface area contributed by atoms with Crippen molar-refractivity contribution in [1.82, 2.24) is 29.4 Å². The SMILES string of the molecule is Cc1cc(C#N)cc(-c2ccc3c(c2)c2cc(-c4cc(C#N)cc(C#N)c4)ccc2n3-c2ccc(-c3cc(-c4nc(-c5ccccc5)nc(-c5ccccc5)n4)ccc3-n3c4ccc(-c5cc(C#N)cc(C#N)c5)cc4c4cc(-c5cc(C#N)cc(C6CN6)c5)ccc43)cc2-c2ccc(C#N)cc2)c1. The summed E-state index contributed by atoms with van der Waals surface area (Å²) in [5, 5.41) is 78.5. The molecule has 16 aromatic rings. The van der Waals surface area contributed by atoms with Gasteiger partial charge >= 0.3 is 0 Å². The third kappa shape index (κ3) is 11.3. The summed E-state index contributed by atoms with van der Waals surface area (Å²) < 4.78 is 4.55. The maximum Gasteiger partial charge on any atom is 0.164 e. The second-order valence-electron chi connectivity index (χ2n) is 26.0. The molecule has 13 heteroatoms. The minimum atomic E-state index is 0.159. The van der Waals surface area contributed by atoms with E-state index >= 15 is 0 Å². The Morgan fingerprint density at radius 3 is 1.04 bits per heavy atom. The number of nitriles is 7. The van der Waals surface area contributed by atoms with Crippen LogP contribution in [0, 0.1) is 86.2 Å². The van der Waals surface area contributed by atoms with Crippen LogP contribution in [-0.2, 0) is 0 Å². The fourth-order valence-corrected chi connectivity index (χ4v) is 14.4. The maximum atomic E-state index is 10.4. The summed E-state index contributed by atoms with van der Waals surface area (Å²) in [4.78, 5) is 15.6. The molecule has 0 radical (unpaired) electrons. The van der Waals surface area contributed by atoms with Gasteiger partial charge in [0.1, 0.15) is 0 Å². The van der Waals surface area contributed by atoms with Gasteiger partial charge in [0.15, 0.2) is 17.5 Å². The van der Waals surface area contributed by atoms with E-state index in [2.05, 4.69) is 166 Å². The van der Waals surface area contributed by atoms with E-state index in [1.54, 1.807) is 36.4 Å². The maximum absolute atomic E-state index is 10.4. The zero-order valence-electron chi connectivity index (χ0n) is 55.6. The first-order valence-electron chi connectivity index (χ1n) is 33.6. The van der Waals surface area contributed by atoms with Crippen LogP contribution in [0.15, 0.2) is 267 Å². The highest BCUT2D eigenvalue weighted by molar-refractivity contribution is 6.14. The molecule has 480 valence electrons. The van der Waals surface area contributed by atoms with E-state index < -0.39 is 0 Å². The fraction of sp³-hybridized carbons (Fsp3) is 0.0330. The quantitative estimate of drug-likeness (QED) is 0.113. The van der Waals surface area contributed by atoms with Gasteiger partial charge < -0.3 is 14.5 Å². The van der Waals surface area contributed by atoms with Crippen molar-refractivity contribution in [3.05, 3.63) is 317 Å². The number of hydrogen-bond acceptors (Lipinski definition) is 11. The van der Waals surface area contributed by atoms with Gasteiger partial charge in [-0.25, -0.2) is 15.0 Å². The fourth-order valence-electron chi connectivity index (χ4n) is 14.4. The molecule has 0 bridgehead atoms. The molecule has 3 aromatic heterocycles. The third-order valence-corrected chi connectivity index (χ3v) is 19.4. The predicted molar refractivity (Wildman–Crippen MR) is 406 cm³/mol. The predicted octanol–water partition coefficient (Wildman–Crippen LogP) is 20.1. The molecule has 13 nitrogen and oxygen atoms in total. The number of benzene rings is 13. The van der Waals surface area contributed by atoms with Crippen LogP contribution >= 0.6 is 0 Å². The Kier molecular flexibility index (Phi) is 15.4. The Morgan fingerprint density at radius 2 is 0.625 bits per heavy atom. The van der Waals surface area contributed by atoms with Crippen LogP contribution in [0.25, 0.3) is 156 Å². The summed E-state index contributed by atoms with van der Waals surface area (Å²) >= 11 is 0. The summed E-state index contributed by atoms with van der Waals surface area (Å²) in [6.07, 6.45) is 0. The molecule has 1 fully saturated rings. The van der Waals surface area contributed by atoms with Crippen molar-refractivity contribution in [3.63, 3.8) is 0 Å². The number of aryl methyl sites for hydroxylation is 1. The van der Waals surface area contributed by atoms with Crippen molar-refractivity contribution in [2.45, 2.75) is 13.0 Å². The molecular formula is C91H51N13. The minimum absolute atomic E-state index is 0.159. The molecule has 1 aliphatic rings. The van der Waals surface area contributed by atoms with Gasteiger partial charge in [-0.3, -0.25) is 0 Å². The molecule has 0 saturated carbocycles. The van der Waals surface area contributed by atoms with E-state index in [1.165, 1.54) is 0 Å². The molecule has 1 unspecified atom stereocenters. The van der Waals surface area contributed by atoms with E-state index in [-0.39, 0.29) is 6.04 Å². The molecule has 13 aromatic carbocycles. The lowest BCUT2D eigenvalue weighted by atomic mass is 9.94. The van der Waals surface area contributed by atoms with Crippen LogP contribution in [0.4, 0.5) is 0 Å². The standard InChI is InChI=1S/C91H51N13/c1-54-28-56(47-93)32-71(29-54)65-16-22-85-78(40-65)79-41-66(72-33-57(48-94)30-58(34-72)49-95)17-23-86(79)103(85)83-26-20-69(44-76(83)62-14-12-55(46-92)13-15-62)77-45-70(91-101-89(63-8-4-2-5-9-63)100-90(102-91)64-10-6-3-7-11-64)21-27-84(77)104-87-24-18-67(73-35-59(50-96)31-60(36-73)51-97)42-80(87)81-43-68(19-25-88(81)104)74-37-61(52-98)38-75(39-74)82-53-99-82/h2-45,82,99H,53H2,1H3. The number of nitrogens with one attached hydrogen (secondary N) is 1. The van der Waals surface area contributed by atoms with Crippen LogP contribution in [0.1, 0.15) is 56.1 Å². The summed E-state index contributed by atoms with van der Waals surface area (Å²) in [5.74, 6) is 1.45. The first-order valence-corrected chi connectivity index (χ1v) is 33.6. The molecule has 1 atom stereocenters. The van der Waals surface area contributed by atoms with Gasteiger partial charge in [-0.2, -0.15) is 36.8 Å². The van der Waals surface area contributed by atoms with Crippen LogP contribution in [0.2, 0.25) is 0 Å². The Labute approximate surface area is 597 Å². The average molecular weight is 1330 g/mol. The molecule has 104 heavy (non-hydrogen) atoms. The highest BCUT2D eigenvalue weighted by Crippen LogP contribution is 2.46. The van der Waals surface area contributed by atoms with Crippen molar-refractivity contribution in [1.29, 1.82) is 36.8 Å². The molecule has 4 heterocycles. The van der Waals surface area contributed by atoms with Crippen molar-refractivity contribution in [2.24, 2.45) is 0 Å². The zero-order chi connectivity index (χ0) is 70.7. The van der Waals surface area contributed by atoms with Crippen molar-refractivity contribution < 1.29 is 0 Å². The minimum Gasteiger partial charge on any atom is -0.309 e. The second kappa shape index (κ2) is 25.6. The van der Waals surface area contributed by atoms with Gasteiger partial charge in [0, 0.05) is 61.9 Å². The third-order valence-electron chi connectivity index (χ3n) is 19.4. The van der Waals surface area contributed by atoms with Gasteiger partial charge in [-0.05, 0) is 231 Å². The molecule has 17 rings (SSSR count). The van der Waals surface area contributed by atoms with Crippen molar-refractivity contribution in [2.75, 3.05) is 6.54 Å². The zero-order valence-corrected chi connectivity index (χ0v) is 55.6. The average Bonchev–Trinajstić information content (AvgIpc) is 1.58. The van der Waals surface area contributed by atoms with Crippen molar-refractivity contribution in [3.8, 4) is 155 Å². The molecule has 1 saturated heterocycles. The Balaban J connectivity index is 0.943. The number of aromatic nitrogens is 5. The summed E-state index contributed by atoms with van der Waals surface area (Å²) in [6.45, 7) is 2.81. The summed E-state index contributed by atoms with van der Waals surface area (Å²) in [7, 11) is 0. The number of fused-ring (bicyclic) bond motifs is 6. The topological polar surface area (TPSA) is 237 Å².